The van der Waals surface area contributed by atoms with Crippen molar-refractivity contribution in [2.75, 3.05) is 27.2 Å². The lowest BCUT2D eigenvalue weighted by Gasteiger charge is -2.40. The van der Waals surface area contributed by atoms with E-state index in [2.05, 4.69) is 4.90 Å². The summed E-state index contributed by atoms with van der Waals surface area (Å²) in [5.74, 6) is 1.04. The van der Waals surface area contributed by atoms with Crippen LogP contribution < -0.4 is 9.47 Å². The standard InChI is InChI=1S/C22H26ClFN2O3/c1-14-11-26(12-22(27)25(14)3)15(2)19-9-16(24)10-21(23)20(19)13-29-18-7-5-17(28-4)6-8-18/h5-10,14-15H,11-13H2,1-4H3/t14-,15+/m1/s1. The smallest absolute Gasteiger partial charge is 0.236 e. The summed E-state index contributed by atoms with van der Waals surface area (Å²) in [6.45, 7) is 5.16. The molecule has 0 aromatic heterocycles. The first-order valence-electron chi connectivity index (χ1n) is 9.54. The van der Waals surface area contributed by atoms with E-state index in [1.807, 2.05) is 33.0 Å². The molecule has 1 aliphatic heterocycles. The van der Waals surface area contributed by atoms with Crippen molar-refractivity contribution in [2.24, 2.45) is 0 Å². The van der Waals surface area contributed by atoms with Crippen molar-refractivity contribution >= 4 is 17.5 Å². The van der Waals surface area contributed by atoms with E-state index < -0.39 is 5.82 Å². The van der Waals surface area contributed by atoms with Crippen molar-refractivity contribution < 1.29 is 18.7 Å². The van der Waals surface area contributed by atoms with Crippen LogP contribution in [-0.4, -0.2) is 49.0 Å². The van der Waals surface area contributed by atoms with Crippen LogP contribution >= 0.6 is 11.6 Å². The van der Waals surface area contributed by atoms with E-state index in [1.165, 1.54) is 12.1 Å². The van der Waals surface area contributed by atoms with E-state index >= 15 is 0 Å². The van der Waals surface area contributed by atoms with E-state index in [4.69, 9.17) is 21.1 Å². The minimum atomic E-state index is -0.404. The lowest BCUT2D eigenvalue weighted by atomic mass is 9.98. The summed E-state index contributed by atoms with van der Waals surface area (Å²) in [7, 11) is 3.41. The molecule has 3 rings (SSSR count). The van der Waals surface area contributed by atoms with Crippen molar-refractivity contribution in [1.82, 2.24) is 9.80 Å². The number of carbonyl (C=O) groups excluding carboxylic acids is 1. The number of nitrogens with zero attached hydrogens (tertiary/aromatic N) is 2. The maximum absolute atomic E-state index is 14.2. The van der Waals surface area contributed by atoms with Gasteiger partial charge in [0, 0.05) is 31.2 Å². The van der Waals surface area contributed by atoms with Gasteiger partial charge in [0.15, 0.2) is 0 Å². The summed E-state index contributed by atoms with van der Waals surface area (Å²) >= 11 is 6.38. The highest BCUT2D eigenvalue weighted by atomic mass is 35.5. The maximum atomic E-state index is 14.2. The number of methoxy groups -OCH3 is 1. The van der Waals surface area contributed by atoms with Crippen molar-refractivity contribution in [3.05, 3.63) is 58.4 Å². The Kier molecular flexibility index (Phi) is 6.65. The number of hydrogen-bond acceptors (Lipinski definition) is 4. The second kappa shape index (κ2) is 9.01. The molecule has 7 heteroatoms. The summed E-state index contributed by atoms with van der Waals surface area (Å²) in [4.78, 5) is 16.1. The second-order valence-electron chi connectivity index (χ2n) is 7.38. The van der Waals surface area contributed by atoms with Gasteiger partial charge in [0.25, 0.3) is 0 Å². The molecule has 29 heavy (non-hydrogen) atoms. The molecule has 1 heterocycles. The third kappa shape index (κ3) is 4.82. The van der Waals surface area contributed by atoms with E-state index in [-0.39, 0.29) is 31.1 Å². The van der Waals surface area contributed by atoms with Gasteiger partial charge in [-0.1, -0.05) is 11.6 Å². The van der Waals surface area contributed by atoms with Gasteiger partial charge in [-0.3, -0.25) is 9.69 Å². The van der Waals surface area contributed by atoms with Gasteiger partial charge in [-0.15, -0.1) is 0 Å². The topological polar surface area (TPSA) is 42.0 Å². The monoisotopic (exact) mass is 420 g/mol. The molecule has 156 valence electrons. The van der Waals surface area contributed by atoms with Crippen LogP contribution in [0.2, 0.25) is 5.02 Å². The number of carbonyl (C=O) groups is 1. The highest BCUT2D eigenvalue weighted by Crippen LogP contribution is 2.32. The molecule has 0 spiro atoms. The molecule has 1 aliphatic rings. The Labute approximate surface area is 176 Å². The van der Waals surface area contributed by atoms with Crippen LogP contribution in [0.4, 0.5) is 4.39 Å². The molecule has 0 saturated carbocycles. The van der Waals surface area contributed by atoms with Gasteiger partial charge in [0.2, 0.25) is 5.91 Å². The molecule has 0 N–H and O–H groups in total. The Balaban J connectivity index is 1.83. The minimum absolute atomic E-state index is 0.0501. The SMILES string of the molecule is COc1ccc(OCc2c(Cl)cc(F)cc2[C@H](C)N2CC(=O)N(C)[C@H](C)C2)cc1. The molecule has 2 aromatic rings. The Bertz CT molecular complexity index is 875. The normalized spacial score (nSPS) is 18.6. The van der Waals surface area contributed by atoms with Gasteiger partial charge in [0.05, 0.1) is 18.7 Å². The van der Waals surface area contributed by atoms with Crippen molar-refractivity contribution in [3.8, 4) is 11.5 Å². The van der Waals surface area contributed by atoms with Crippen LogP contribution in [0.3, 0.4) is 0 Å². The predicted octanol–water partition coefficient (Wildman–Crippen LogP) is 4.29. The van der Waals surface area contributed by atoms with Gasteiger partial charge in [-0.05, 0) is 55.8 Å². The predicted molar refractivity (Wildman–Crippen MR) is 111 cm³/mol. The van der Waals surface area contributed by atoms with E-state index in [1.54, 1.807) is 24.1 Å². The molecule has 0 radical (unpaired) electrons. The second-order valence-corrected chi connectivity index (χ2v) is 7.79. The van der Waals surface area contributed by atoms with Crippen molar-refractivity contribution in [3.63, 3.8) is 0 Å². The molecule has 5 nitrogen and oxygen atoms in total. The molecule has 1 saturated heterocycles. The van der Waals surface area contributed by atoms with Crippen molar-refractivity contribution in [2.45, 2.75) is 32.5 Å². The van der Waals surface area contributed by atoms with Crippen LogP contribution in [0.1, 0.15) is 31.0 Å². The number of amides is 1. The van der Waals surface area contributed by atoms with Gasteiger partial charge in [-0.2, -0.15) is 0 Å². The van der Waals surface area contributed by atoms with E-state index in [0.717, 1.165) is 16.9 Å². The molecule has 0 aliphatic carbocycles. The highest BCUT2D eigenvalue weighted by molar-refractivity contribution is 6.31. The third-order valence-electron chi connectivity index (χ3n) is 5.53. The fourth-order valence-electron chi connectivity index (χ4n) is 3.53. The zero-order valence-corrected chi connectivity index (χ0v) is 17.9. The Morgan fingerprint density at radius 2 is 1.90 bits per heavy atom. The molecule has 0 bridgehead atoms. The number of benzene rings is 2. The highest BCUT2D eigenvalue weighted by Gasteiger charge is 2.31. The average Bonchev–Trinajstić information content (AvgIpc) is 2.70. The maximum Gasteiger partial charge on any atom is 0.236 e. The number of hydrogen-bond donors (Lipinski definition) is 0. The first kappa shape index (κ1) is 21.4. The van der Waals surface area contributed by atoms with Crippen LogP contribution in [-0.2, 0) is 11.4 Å². The van der Waals surface area contributed by atoms with Crippen LogP contribution in [0.15, 0.2) is 36.4 Å². The largest absolute Gasteiger partial charge is 0.497 e. The van der Waals surface area contributed by atoms with Crippen LogP contribution in [0.5, 0.6) is 11.5 Å². The summed E-state index contributed by atoms with van der Waals surface area (Å²) < 4.78 is 25.2. The van der Waals surface area contributed by atoms with Gasteiger partial charge in [0.1, 0.15) is 23.9 Å². The third-order valence-corrected chi connectivity index (χ3v) is 5.86. The number of likely N-dealkylation sites (N-methyl/N-ethyl adjacent to an activating group) is 1. The zero-order valence-electron chi connectivity index (χ0n) is 17.1. The van der Waals surface area contributed by atoms with Gasteiger partial charge < -0.3 is 14.4 Å². The number of piperazine rings is 1. The fourth-order valence-corrected chi connectivity index (χ4v) is 3.79. The Morgan fingerprint density at radius 3 is 2.52 bits per heavy atom. The summed E-state index contributed by atoms with van der Waals surface area (Å²) in [5.41, 5.74) is 1.45. The Morgan fingerprint density at radius 1 is 1.24 bits per heavy atom. The number of halogens is 2. The quantitative estimate of drug-likeness (QED) is 0.699. The van der Waals surface area contributed by atoms with Crippen LogP contribution in [0.25, 0.3) is 0 Å². The lowest BCUT2D eigenvalue weighted by Crippen LogP contribution is -2.54. The summed E-state index contributed by atoms with van der Waals surface area (Å²) in [5, 5.41) is 0.314. The molecule has 2 atom stereocenters. The number of rotatable bonds is 6. The molecular weight excluding hydrogens is 395 g/mol. The fraction of sp³-hybridized carbons (Fsp3) is 0.409. The number of ether oxygens (including phenoxy) is 2. The first-order valence-corrected chi connectivity index (χ1v) is 9.92. The minimum Gasteiger partial charge on any atom is -0.497 e. The lowest BCUT2D eigenvalue weighted by molar-refractivity contribution is -0.138. The van der Waals surface area contributed by atoms with Gasteiger partial charge in [-0.25, -0.2) is 4.39 Å². The molecule has 0 unspecified atom stereocenters. The Hall–Kier alpha value is -2.31. The average molecular weight is 421 g/mol. The first-order chi connectivity index (χ1) is 13.8. The summed E-state index contributed by atoms with van der Waals surface area (Å²) in [6.07, 6.45) is 0. The van der Waals surface area contributed by atoms with E-state index in [0.29, 0.717) is 17.3 Å². The summed E-state index contributed by atoms with van der Waals surface area (Å²) in [6, 6.07) is 9.91. The molecule has 2 aromatic carbocycles. The van der Waals surface area contributed by atoms with E-state index in [9.17, 15) is 9.18 Å². The van der Waals surface area contributed by atoms with Gasteiger partial charge >= 0.3 is 0 Å². The van der Waals surface area contributed by atoms with Crippen LogP contribution in [0, 0.1) is 5.82 Å². The molecular formula is C22H26ClFN2O3. The van der Waals surface area contributed by atoms with Crippen molar-refractivity contribution in [1.29, 1.82) is 0 Å². The molecule has 1 amide bonds. The molecule has 1 fully saturated rings. The zero-order chi connectivity index (χ0) is 21.1.